The van der Waals surface area contributed by atoms with Gasteiger partial charge in [0.05, 0.1) is 7.11 Å². The molecule has 1 aliphatic rings. The molecule has 3 heteroatoms. The van der Waals surface area contributed by atoms with Gasteiger partial charge in [-0.2, -0.15) is 0 Å². The van der Waals surface area contributed by atoms with Crippen LogP contribution < -0.4 is 9.64 Å². The Morgan fingerprint density at radius 3 is 2.36 bits per heavy atom. The molecule has 0 aromatic heterocycles. The van der Waals surface area contributed by atoms with Gasteiger partial charge in [-0.15, -0.1) is 0 Å². The first kappa shape index (κ1) is 17.1. The van der Waals surface area contributed by atoms with Crippen LogP contribution in [0.4, 0.5) is 5.69 Å². The molecule has 1 saturated heterocycles. The normalized spacial score (nSPS) is 16.4. The van der Waals surface area contributed by atoms with Crippen molar-refractivity contribution in [2.45, 2.75) is 46.5 Å². The summed E-state index contributed by atoms with van der Waals surface area (Å²) in [6.07, 6.45) is 2.60. The van der Waals surface area contributed by atoms with E-state index in [1.807, 2.05) is 0 Å². The molecule has 0 saturated carbocycles. The highest BCUT2D eigenvalue weighted by Crippen LogP contribution is 2.36. The van der Waals surface area contributed by atoms with Gasteiger partial charge < -0.3 is 9.64 Å². The molecule has 0 bridgehead atoms. The summed E-state index contributed by atoms with van der Waals surface area (Å²) in [7, 11) is 1.79. The van der Waals surface area contributed by atoms with Gasteiger partial charge in [0.25, 0.3) is 0 Å². The molecular weight excluding hydrogens is 272 g/mol. The molecule has 3 nitrogen and oxygen atoms in total. The van der Waals surface area contributed by atoms with E-state index in [4.69, 9.17) is 4.74 Å². The number of nitrogens with zero attached hydrogens (tertiary/aromatic N) is 2. The molecule has 0 radical (unpaired) electrons. The Morgan fingerprint density at radius 1 is 1.14 bits per heavy atom. The van der Waals surface area contributed by atoms with Crippen LogP contribution in [0.5, 0.6) is 5.75 Å². The molecule has 0 unspecified atom stereocenters. The Bertz CT molecular complexity index is 477. The summed E-state index contributed by atoms with van der Waals surface area (Å²) in [4.78, 5) is 5.11. The molecule has 0 aliphatic carbocycles. The largest absolute Gasteiger partial charge is 0.496 e. The maximum atomic E-state index is 5.71. The Morgan fingerprint density at radius 2 is 1.82 bits per heavy atom. The van der Waals surface area contributed by atoms with Crippen LogP contribution in [-0.4, -0.2) is 44.7 Å². The maximum Gasteiger partial charge on any atom is 0.127 e. The van der Waals surface area contributed by atoms with Crippen molar-refractivity contribution >= 4 is 5.69 Å². The summed E-state index contributed by atoms with van der Waals surface area (Å²) in [5.41, 5.74) is 3.94. The van der Waals surface area contributed by atoms with Gasteiger partial charge in [0.1, 0.15) is 5.75 Å². The highest BCUT2D eigenvalue weighted by Gasteiger charge is 2.21. The second kappa shape index (κ2) is 7.87. The van der Waals surface area contributed by atoms with E-state index >= 15 is 0 Å². The predicted octanol–water partition coefficient (Wildman–Crippen LogP) is 4.05. The third-order valence-corrected chi connectivity index (χ3v) is 4.77. The van der Waals surface area contributed by atoms with Crippen molar-refractivity contribution in [1.29, 1.82) is 0 Å². The standard InChI is InChI=1S/C19H32N2O/c1-6-7-10-20-11-13-21(14-12-20)18-9-8-17(15(2)3)19(22-5)16(18)4/h8-9,15H,6-7,10-14H2,1-5H3. The van der Waals surface area contributed by atoms with E-state index in [0.29, 0.717) is 5.92 Å². The summed E-state index contributed by atoms with van der Waals surface area (Å²) < 4.78 is 5.71. The van der Waals surface area contributed by atoms with Gasteiger partial charge in [0, 0.05) is 37.4 Å². The Balaban J connectivity index is 2.11. The second-order valence-corrected chi connectivity index (χ2v) is 6.67. The zero-order valence-electron chi connectivity index (χ0n) is 15.0. The summed E-state index contributed by atoms with van der Waals surface area (Å²) in [5.74, 6) is 1.56. The van der Waals surface area contributed by atoms with Crippen LogP contribution in [0.3, 0.4) is 0 Å². The van der Waals surface area contributed by atoms with E-state index in [2.05, 4.69) is 49.6 Å². The SMILES string of the molecule is CCCCN1CCN(c2ccc(C(C)C)c(OC)c2C)CC1. The molecule has 0 atom stereocenters. The molecule has 0 N–H and O–H groups in total. The number of hydrogen-bond acceptors (Lipinski definition) is 3. The van der Waals surface area contributed by atoms with Crippen molar-refractivity contribution in [2.75, 3.05) is 44.7 Å². The van der Waals surface area contributed by atoms with Crippen LogP contribution in [-0.2, 0) is 0 Å². The number of benzene rings is 1. The third-order valence-electron chi connectivity index (χ3n) is 4.77. The third kappa shape index (κ3) is 3.75. The maximum absolute atomic E-state index is 5.71. The van der Waals surface area contributed by atoms with E-state index in [1.54, 1.807) is 7.11 Å². The predicted molar refractivity (Wildman–Crippen MR) is 95.4 cm³/mol. The number of hydrogen-bond donors (Lipinski definition) is 0. The van der Waals surface area contributed by atoms with Crippen LogP contribution >= 0.6 is 0 Å². The molecule has 1 aromatic carbocycles. The fraction of sp³-hybridized carbons (Fsp3) is 0.684. The van der Waals surface area contributed by atoms with Crippen molar-refractivity contribution in [2.24, 2.45) is 0 Å². The van der Waals surface area contributed by atoms with Gasteiger partial charge in [-0.3, -0.25) is 4.90 Å². The first-order valence-corrected chi connectivity index (χ1v) is 8.73. The van der Waals surface area contributed by atoms with Crippen LogP contribution in [0, 0.1) is 6.92 Å². The van der Waals surface area contributed by atoms with E-state index in [0.717, 1.165) is 18.8 Å². The van der Waals surface area contributed by atoms with E-state index in [9.17, 15) is 0 Å². The highest BCUT2D eigenvalue weighted by molar-refractivity contribution is 5.62. The van der Waals surface area contributed by atoms with Crippen LogP contribution in [0.2, 0.25) is 0 Å². The van der Waals surface area contributed by atoms with Crippen LogP contribution in [0.1, 0.15) is 50.7 Å². The Kier molecular flexibility index (Phi) is 6.13. The lowest BCUT2D eigenvalue weighted by Gasteiger charge is -2.37. The number of piperazine rings is 1. The lowest BCUT2D eigenvalue weighted by atomic mass is 9.97. The quantitative estimate of drug-likeness (QED) is 0.788. The van der Waals surface area contributed by atoms with Gasteiger partial charge in [0.2, 0.25) is 0 Å². The molecule has 1 aliphatic heterocycles. The molecule has 2 rings (SSSR count). The van der Waals surface area contributed by atoms with Crippen molar-refractivity contribution in [3.63, 3.8) is 0 Å². The average molecular weight is 304 g/mol. The molecular formula is C19H32N2O. The molecule has 1 fully saturated rings. The first-order valence-electron chi connectivity index (χ1n) is 8.73. The summed E-state index contributed by atoms with van der Waals surface area (Å²) in [6.45, 7) is 14.8. The van der Waals surface area contributed by atoms with Crippen molar-refractivity contribution in [1.82, 2.24) is 4.90 Å². The minimum Gasteiger partial charge on any atom is -0.496 e. The average Bonchev–Trinajstić information content (AvgIpc) is 2.53. The smallest absolute Gasteiger partial charge is 0.127 e. The monoisotopic (exact) mass is 304 g/mol. The minimum absolute atomic E-state index is 0.494. The zero-order chi connectivity index (χ0) is 16.1. The van der Waals surface area contributed by atoms with Gasteiger partial charge in [0.15, 0.2) is 0 Å². The van der Waals surface area contributed by atoms with Gasteiger partial charge in [-0.05, 0) is 37.4 Å². The van der Waals surface area contributed by atoms with Crippen LogP contribution in [0.15, 0.2) is 12.1 Å². The Labute approximate surface area is 136 Å². The molecule has 1 heterocycles. The summed E-state index contributed by atoms with van der Waals surface area (Å²) in [6, 6.07) is 4.53. The number of rotatable bonds is 6. The van der Waals surface area contributed by atoms with E-state index < -0.39 is 0 Å². The molecule has 1 aromatic rings. The van der Waals surface area contributed by atoms with Gasteiger partial charge in [-0.25, -0.2) is 0 Å². The number of ether oxygens (including phenoxy) is 1. The minimum atomic E-state index is 0.494. The number of anilines is 1. The summed E-state index contributed by atoms with van der Waals surface area (Å²) >= 11 is 0. The number of methoxy groups -OCH3 is 1. The first-order chi connectivity index (χ1) is 10.6. The van der Waals surface area contributed by atoms with Gasteiger partial charge in [-0.1, -0.05) is 33.3 Å². The lowest BCUT2D eigenvalue weighted by Crippen LogP contribution is -2.46. The topological polar surface area (TPSA) is 15.7 Å². The van der Waals surface area contributed by atoms with E-state index in [1.165, 1.54) is 49.3 Å². The van der Waals surface area contributed by atoms with Crippen molar-refractivity contribution in [3.8, 4) is 5.75 Å². The van der Waals surface area contributed by atoms with Crippen LogP contribution in [0.25, 0.3) is 0 Å². The molecule has 22 heavy (non-hydrogen) atoms. The second-order valence-electron chi connectivity index (χ2n) is 6.67. The Hall–Kier alpha value is -1.22. The van der Waals surface area contributed by atoms with Crippen molar-refractivity contribution in [3.05, 3.63) is 23.3 Å². The van der Waals surface area contributed by atoms with Gasteiger partial charge >= 0.3 is 0 Å². The van der Waals surface area contributed by atoms with Crippen molar-refractivity contribution < 1.29 is 4.74 Å². The zero-order valence-corrected chi connectivity index (χ0v) is 15.0. The fourth-order valence-corrected chi connectivity index (χ4v) is 3.36. The van der Waals surface area contributed by atoms with E-state index in [-0.39, 0.29) is 0 Å². The lowest BCUT2D eigenvalue weighted by molar-refractivity contribution is 0.254. The summed E-state index contributed by atoms with van der Waals surface area (Å²) in [5, 5.41) is 0. The number of unbranched alkanes of at least 4 members (excludes halogenated alkanes) is 1. The molecule has 0 spiro atoms. The molecule has 124 valence electrons. The highest BCUT2D eigenvalue weighted by atomic mass is 16.5. The fourth-order valence-electron chi connectivity index (χ4n) is 3.36. The molecule has 0 amide bonds.